The molecule has 0 radical (unpaired) electrons. The van der Waals surface area contributed by atoms with Crippen LogP contribution in [-0.4, -0.2) is 16.5 Å². The lowest BCUT2D eigenvalue weighted by molar-refractivity contribution is 0.673. The number of anilines is 1. The molecule has 0 aliphatic rings. The summed E-state index contributed by atoms with van der Waals surface area (Å²) in [5.41, 5.74) is 8.22. The van der Waals surface area contributed by atoms with Crippen molar-refractivity contribution in [3.05, 3.63) is 53.9 Å². The van der Waals surface area contributed by atoms with Crippen LogP contribution in [0, 0.1) is 6.92 Å². The highest BCUT2D eigenvalue weighted by atomic mass is 15.1. The van der Waals surface area contributed by atoms with E-state index in [1.54, 1.807) is 6.20 Å². The number of hydrogen-bond donors (Lipinski definition) is 2. The van der Waals surface area contributed by atoms with Gasteiger partial charge in [0.1, 0.15) is 0 Å². The predicted molar refractivity (Wildman–Crippen MR) is 73.2 cm³/mol. The first-order valence-electron chi connectivity index (χ1n) is 6.10. The lowest BCUT2D eigenvalue weighted by Gasteiger charge is -2.12. The van der Waals surface area contributed by atoms with Crippen LogP contribution in [0.5, 0.6) is 0 Å². The summed E-state index contributed by atoms with van der Waals surface area (Å²) in [7, 11) is 0. The van der Waals surface area contributed by atoms with Gasteiger partial charge in [0.25, 0.3) is 0 Å². The number of rotatable bonds is 5. The van der Waals surface area contributed by atoms with Crippen molar-refractivity contribution in [1.29, 1.82) is 0 Å². The van der Waals surface area contributed by atoms with Crippen molar-refractivity contribution in [1.82, 2.24) is 9.97 Å². The van der Waals surface area contributed by atoms with Crippen LogP contribution >= 0.6 is 0 Å². The zero-order valence-electron chi connectivity index (χ0n) is 10.5. The third-order valence-electron chi connectivity index (χ3n) is 2.76. The fraction of sp³-hybridized carbons (Fsp3) is 0.286. The highest BCUT2D eigenvalue weighted by Gasteiger charge is 2.05. The highest BCUT2D eigenvalue weighted by molar-refractivity contribution is 5.25. The molecular formula is C14H18N4. The van der Waals surface area contributed by atoms with Gasteiger partial charge in [0.15, 0.2) is 0 Å². The van der Waals surface area contributed by atoms with Crippen molar-refractivity contribution < 1.29 is 0 Å². The van der Waals surface area contributed by atoms with E-state index in [2.05, 4.69) is 15.3 Å². The van der Waals surface area contributed by atoms with Gasteiger partial charge in [-0.05, 0) is 25.0 Å². The van der Waals surface area contributed by atoms with Crippen LogP contribution in [0.4, 0.5) is 5.95 Å². The molecule has 0 amide bonds. The molecule has 0 aliphatic heterocycles. The Bertz CT molecular complexity index is 484. The largest absolute Gasteiger partial charge is 0.354 e. The van der Waals surface area contributed by atoms with Crippen LogP contribution in [0.25, 0.3) is 0 Å². The van der Waals surface area contributed by atoms with E-state index >= 15 is 0 Å². The molecule has 4 nitrogen and oxygen atoms in total. The van der Waals surface area contributed by atoms with Gasteiger partial charge in [0.2, 0.25) is 5.95 Å². The zero-order chi connectivity index (χ0) is 12.8. The van der Waals surface area contributed by atoms with E-state index in [1.807, 2.05) is 43.3 Å². The van der Waals surface area contributed by atoms with E-state index in [4.69, 9.17) is 5.73 Å². The molecule has 4 heteroatoms. The smallest absolute Gasteiger partial charge is 0.222 e. The normalized spacial score (nSPS) is 12.1. The molecule has 1 atom stereocenters. The number of aromatic nitrogens is 2. The second-order valence-electron chi connectivity index (χ2n) is 4.25. The maximum Gasteiger partial charge on any atom is 0.222 e. The highest BCUT2D eigenvalue weighted by Crippen LogP contribution is 2.13. The average Bonchev–Trinajstić information content (AvgIpc) is 2.40. The Morgan fingerprint density at radius 3 is 2.72 bits per heavy atom. The van der Waals surface area contributed by atoms with Gasteiger partial charge in [-0.25, -0.2) is 9.97 Å². The molecule has 0 spiro atoms. The van der Waals surface area contributed by atoms with Gasteiger partial charge in [-0.1, -0.05) is 30.3 Å². The first kappa shape index (κ1) is 12.5. The summed E-state index contributed by atoms with van der Waals surface area (Å²) >= 11 is 0. The van der Waals surface area contributed by atoms with Crippen molar-refractivity contribution in [2.75, 3.05) is 11.9 Å². The summed E-state index contributed by atoms with van der Waals surface area (Å²) in [4.78, 5) is 8.43. The third kappa shape index (κ3) is 3.53. The van der Waals surface area contributed by atoms with E-state index in [1.165, 1.54) is 0 Å². The molecular weight excluding hydrogens is 224 g/mol. The monoisotopic (exact) mass is 242 g/mol. The summed E-state index contributed by atoms with van der Waals surface area (Å²) in [5, 5.41) is 3.18. The molecule has 2 aromatic rings. The summed E-state index contributed by atoms with van der Waals surface area (Å²) in [5.74, 6) is 0.662. The maximum atomic E-state index is 6.11. The maximum absolute atomic E-state index is 6.11. The molecule has 18 heavy (non-hydrogen) atoms. The van der Waals surface area contributed by atoms with Crippen LogP contribution < -0.4 is 11.1 Å². The summed E-state index contributed by atoms with van der Waals surface area (Å²) in [6, 6.07) is 12.0. The Balaban J connectivity index is 1.82. The van der Waals surface area contributed by atoms with Gasteiger partial charge in [-0.2, -0.15) is 0 Å². The predicted octanol–water partition coefficient (Wildman–Crippen LogP) is 2.29. The molecule has 1 unspecified atom stereocenters. The van der Waals surface area contributed by atoms with Crippen molar-refractivity contribution in [2.24, 2.45) is 5.73 Å². The number of nitrogens with zero attached hydrogens (tertiary/aromatic N) is 2. The minimum absolute atomic E-state index is 0.0449. The number of hydrogen-bond acceptors (Lipinski definition) is 4. The SMILES string of the molecule is Cc1ccnc(NCCC(N)c2ccccc2)n1. The van der Waals surface area contributed by atoms with E-state index in [9.17, 15) is 0 Å². The minimum Gasteiger partial charge on any atom is -0.354 e. The molecule has 1 heterocycles. The molecule has 1 aromatic carbocycles. The lowest BCUT2D eigenvalue weighted by Crippen LogP contribution is -2.16. The van der Waals surface area contributed by atoms with Crippen LogP contribution in [-0.2, 0) is 0 Å². The van der Waals surface area contributed by atoms with Crippen LogP contribution in [0.15, 0.2) is 42.6 Å². The van der Waals surface area contributed by atoms with Gasteiger partial charge < -0.3 is 11.1 Å². The third-order valence-corrected chi connectivity index (χ3v) is 2.76. The minimum atomic E-state index is 0.0449. The van der Waals surface area contributed by atoms with Crippen molar-refractivity contribution in [3.63, 3.8) is 0 Å². The topological polar surface area (TPSA) is 63.8 Å². The zero-order valence-corrected chi connectivity index (χ0v) is 10.5. The van der Waals surface area contributed by atoms with Crippen LogP contribution in [0.3, 0.4) is 0 Å². The van der Waals surface area contributed by atoms with Crippen LogP contribution in [0.1, 0.15) is 23.7 Å². The quantitative estimate of drug-likeness (QED) is 0.844. The van der Waals surface area contributed by atoms with E-state index in [0.29, 0.717) is 5.95 Å². The second kappa shape index (κ2) is 6.12. The van der Waals surface area contributed by atoms with Gasteiger partial charge in [-0.3, -0.25) is 0 Å². The average molecular weight is 242 g/mol. The Hall–Kier alpha value is -1.94. The number of nitrogens with two attached hydrogens (primary N) is 1. The van der Waals surface area contributed by atoms with E-state index in [-0.39, 0.29) is 6.04 Å². The number of benzene rings is 1. The number of aryl methyl sites for hydroxylation is 1. The van der Waals surface area contributed by atoms with Crippen molar-refractivity contribution >= 4 is 5.95 Å². The Kier molecular flexibility index (Phi) is 4.25. The Labute approximate surface area is 107 Å². The molecule has 0 fully saturated rings. The first-order valence-corrected chi connectivity index (χ1v) is 6.10. The molecule has 0 saturated carbocycles. The molecule has 0 saturated heterocycles. The molecule has 94 valence electrons. The molecule has 0 bridgehead atoms. The van der Waals surface area contributed by atoms with Crippen LogP contribution in [0.2, 0.25) is 0 Å². The molecule has 3 N–H and O–H groups in total. The molecule has 0 aliphatic carbocycles. The molecule has 1 aromatic heterocycles. The fourth-order valence-electron chi connectivity index (χ4n) is 1.74. The fourth-order valence-corrected chi connectivity index (χ4v) is 1.74. The van der Waals surface area contributed by atoms with Gasteiger partial charge in [-0.15, -0.1) is 0 Å². The Morgan fingerprint density at radius 2 is 2.00 bits per heavy atom. The summed E-state index contributed by atoms with van der Waals surface area (Å²) < 4.78 is 0. The van der Waals surface area contributed by atoms with E-state index in [0.717, 1.165) is 24.2 Å². The van der Waals surface area contributed by atoms with Gasteiger partial charge >= 0.3 is 0 Å². The number of nitrogens with one attached hydrogen (secondary N) is 1. The van der Waals surface area contributed by atoms with Crippen molar-refractivity contribution in [2.45, 2.75) is 19.4 Å². The van der Waals surface area contributed by atoms with Crippen molar-refractivity contribution in [3.8, 4) is 0 Å². The van der Waals surface area contributed by atoms with Gasteiger partial charge in [0.05, 0.1) is 0 Å². The molecule has 2 rings (SSSR count). The summed E-state index contributed by atoms with van der Waals surface area (Å²) in [6.07, 6.45) is 2.60. The summed E-state index contributed by atoms with van der Waals surface area (Å²) in [6.45, 7) is 2.71. The second-order valence-corrected chi connectivity index (χ2v) is 4.25. The first-order chi connectivity index (χ1) is 8.75. The lowest BCUT2D eigenvalue weighted by atomic mass is 10.1. The van der Waals surface area contributed by atoms with E-state index < -0.39 is 0 Å². The Morgan fingerprint density at radius 1 is 1.22 bits per heavy atom. The van der Waals surface area contributed by atoms with Gasteiger partial charge in [0, 0.05) is 24.5 Å². The standard InChI is InChI=1S/C14H18N4/c1-11-7-9-16-14(18-11)17-10-8-13(15)12-5-3-2-4-6-12/h2-7,9,13H,8,10,15H2,1H3,(H,16,17,18).